The van der Waals surface area contributed by atoms with Gasteiger partial charge in [0.15, 0.2) is 0 Å². The Morgan fingerprint density at radius 1 is 1.43 bits per heavy atom. The summed E-state index contributed by atoms with van der Waals surface area (Å²) in [6, 6.07) is 5.29. The summed E-state index contributed by atoms with van der Waals surface area (Å²) in [7, 11) is 0. The Hall–Kier alpha value is -2.19. The molecule has 1 fully saturated rings. The number of halogens is 1. The Morgan fingerprint density at radius 2 is 2.26 bits per heavy atom. The first-order valence-electron chi connectivity index (χ1n) is 6.99. The number of carbonyl (C=O) groups excluding carboxylic acids is 1. The number of amides is 1. The quantitative estimate of drug-likeness (QED) is 0.723. The van der Waals surface area contributed by atoms with E-state index in [1.165, 1.54) is 17.7 Å². The zero-order chi connectivity index (χ0) is 16.0. The van der Waals surface area contributed by atoms with Crippen molar-refractivity contribution in [2.75, 3.05) is 13.1 Å². The van der Waals surface area contributed by atoms with E-state index in [1.807, 2.05) is 13.0 Å². The molecule has 0 atom stereocenters. The lowest BCUT2D eigenvalue weighted by molar-refractivity contribution is 0.0154. The van der Waals surface area contributed by atoms with E-state index in [0.29, 0.717) is 34.0 Å². The molecule has 0 aromatic carbocycles. The Morgan fingerprint density at radius 3 is 3.00 bits per heavy atom. The van der Waals surface area contributed by atoms with Gasteiger partial charge >= 0.3 is 0 Å². The van der Waals surface area contributed by atoms with Gasteiger partial charge in [-0.05, 0) is 19.1 Å². The number of aromatic nitrogens is 4. The van der Waals surface area contributed by atoms with Gasteiger partial charge in [0.05, 0.1) is 22.3 Å². The molecule has 0 N–H and O–H groups in total. The molecule has 4 rings (SSSR count). The number of carbonyl (C=O) groups is 1. The van der Waals surface area contributed by atoms with Crippen molar-refractivity contribution in [1.29, 1.82) is 0 Å². The number of ether oxygens (including phenoxy) is 1. The zero-order valence-corrected chi connectivity index (χ0v) is 13.7. The second-order valence-electron chi connectivity index (χ2n) is 5.26. The van der Waals surface area contributed by atoms with Crippen molar-refractivity contribution in [3.8, 4) is 5.88 Å². The van der Waals surface area contributed by atoms with Crippen LogP contribution in [0.5, 0.6) is 5.88 Å². The maximum absolute atomic E-state index is 12.2. The molecule has 1 saturated heterocycles. The highest BCUT2D eigenvalue weighted by Crippen LogP contribution is 2.26. The number of fused-ring (bicyclic) bond motifs is 1. The van der Waals surface area contributed by atoms with Gasteiger partial charge in [0.1, 0.15) is 12.4 Å². The van der Waals surface area contributed by atoms with Gasteiger partial charge in [-0.3, -0.25) is 4.79 Å². The van der Waals surface area contributed by atoms with Gasteiger partial charge in [0.25, 0.3) is 11.7 Å². The van der Waals surface area contributed by atoms with Gasteiger partial charge in [-0.1, -0.05) is 11.6 Å². The Balaban J connectivity index is 1.44. The highest BCUT2D eigenvalue weighted by molar-refractivity contribution is 7.17. The van der Waals surface area contributed by atoms with Crippen molar-refractivity contribution in [3.63, 3.8) is 0 Å². The lowest BCUT2D eigenvalue weighted by atomic mass is 10.1. The van der Waals surface area contributed by atoms with E-state index in [4.69, 9.17) is 16.3 Å². The Kier molecular flexibility index (Phi) is 3.42. The molecule has 0 saturated carbocycles. The third-order valence-electron chi connectivity index (χ3n) is 3.55. The molecule has 7 nitrogen and oxygen atoms in total. The SMILES string of the molecule is Cc1cc(OC2CN(C(=O)c3ccc(Cl)s3)C2)n2ncnc2n1. The van der Waals surface area contributed by atoms with Crippen LogP contribution in [0, 0.1) is 6.92 Å². The fourth-order valence-electron chi connectivity index (χ4n) is 2.42. The maximum atomic E-state index is 12.2. The number of hydrogen-bond acceptors (Lipinski definition) is 6. The average Bonchev–Trinajstić information content (AvgIpc) is 3.10. The molecule has 0 bridgehead atoms. The molecule has 0 unspecified atom stereocenters. The summed E-state index contributed by atoms with van der Waals surface area (Å²) >= 11 is 7.15. The normalized spacial score (nSPS) is 15.0. The molecule has 3 aromatic heterocycles. The van der Waals surface area contributed by atoms with Crippen LogP contribution in [-0.2, 0) is 0 Å². The molecule has 0 radical (unpaired) electrons. The van der Waals surface area contributed by atoms with Crippen molar-refractivity contribution in [2.24, 2.45) is 0 Å². The number of thiophene rings is 1. The molecule has 1 aliphatic heterocycles. The van der Waals surface area contributed by atoms with Crippen molar-refractivity contribution >= 4 is 34.6 Å². The summed E-state index contributed by atoms with van der Waals surface area (Å²) in [6.45, 7) is 2.94. The standard InChI is InChI=1S/C14H12ClN5O2S/c1-8-4-12(20-14(18-8)16-7-17-20)22-9-5-19(6-9)13(21)10-2-3-11(15)23-10/h2-4,7,9H,5-6H2,1H3. The van der Waals surface area contributed by atoms with Crippen LogP contribution in [0.1, 0.15) is 15.4 Å². The van der Waals surface area contributed by atoms with E-state index in [-0.39, 0.29) is 12.0 Å². The molecule has 0 aliphatic carbocycles. The molecule has 118 valence electrons. The van der Waals surface area contributed by atoms with Crippen molar-refractivity contribution < 1.29 is 9.53 Å². The summed E-state index contributed by atoms with van der Waals surface area (Å²) < 4.78 is 8.09. The predicted molar refractivity (Wildman–Crippen MR) is 85.2 cm³/mol. The number of aryl methyl sites for hydroxylation is 1. The fraction of sp³-hybridized carbons (Fsp3) is 0.286. The summed E-state index contributed by atoms with van der Waals surface area (Å²) in [5, 5.41) is 4.10. The largest absolute Gasteiger partial charge is 0.470 e. The molecule has 9 heteroatoms. The number of rotatable bonds is 3. The van der Waals surface area contributed by atoms with Crippen LogP contribution in [0.25, 0.3) is 5.78 Å². The predicted octanol–water partition coefficient (Wildman–Crippen LogP) is 2.05. The Bertz CT molecular complexity index is 886. The molecule has 1 amide bonds. The molecule has 23 heavy (non-hydrogen) atoms. The van der Waals surface area contributed by atoms with Crippen LogP contribution in [0.15, 0.2) is 24.5 Å². The van der Waals surface area contributed by atoms with Crippen LogP contribution in [0.4, 0.5) is 0 Å². The van der Waals surface area contributed by atoms with Gasteiger partial charge in [-0.2, -0.15) is 14.6 Å². The third-order valence-corrected chi connectivity index (χ3v) is 4.77. The molecular weight excluding hydrogens is 338 g/mol. The molecule has 1 aliphatic rings. The van der Waals surface area contributed by atoms with Gasteiger partial charge in [0, 0.05) is 11.8 Å². The van der Waals surface area contributed by atoms with Gasteiger partial charge in [0.2, 0.25) is 5.88 Å². The van der Waals surface area contributed by atoms with E-state index in [2.05, 4.69) is 15.1 Å². The molecule has 4 heterocycles. The van der Waals surface area contributed by atoms with E-state index in [0.717, 1.165) is 5.69 Å². The van der Waals surface area contributed by atoms with Gasteiger partial charge < -0.3 is 9.64 Å². The minimum absolute atomic E-state index is 0.0152. The Labute approximate surface area is 140 Å². The van der Waals surface area contributed by atoms with Crippen LogP contribution in [0.2, 0.25) is 4.34 Å². The van der Waals surface area contributed by atoms with Crippen LogP contribution in [-0.4, -0.2) is 49.6 Å². The minimum Gasteiger partial charge on any atom is -0.470 e. The number of hydrogen-bond donors (Lipinski definition) is 0. The maximum Gasteiger partial charge on any atom is 0.264 e. The third kappa shape index (κ3) is 2.64. The monoisotopic (exact) mass is 349 g/mol. The molecular formula is C14H12ClN5O2S. The van der Waals surface area contributed by atoms with E-state index in [1.54, 1.807) is 21.5 Å². The first-order chi connectivity index (χ1) is 11.1. The van der Waals surface area contributed by atoms with Crippen molar-refractivity contribution in [2.45, 2.75) is 13.0 Å². The minimum atomic E-state index is -0.0661. The number of likely N-dealkylation sites (tertiary alicyclic amines) is 1. The highest BCUT2D eigenvalue weighted by atomic mass is 35.5. The van der Waals surface area contributed by atoms with E-state index in [9.17, 15) is 4.79 Å². The average molecular weight is 350 g/mol. The van der Waals surface area contributed by atoms with E-state index >= 15 is 0 Å². The van der Waals surface area contributed by atoms with Gasteiger partial charge in [-0.15, -0.1) is 11.3 Å². The smallest absolute Gasteiger partial charge is 0.264 e. The van der Waals surface area contributed by atoms with E-state index < -0.39 is 0 Å². The van der Waals surface area contributed by atoms with Crippen LogP contribution < -0.4 is 4.74 Å². The zero-order valence-electron chi connectivity index (χ0n) is 12.1. The van der Waals surface area contributed by atoms with Crippen LogP contribution >= 0.6 is 22.9 Å². The summed E-state index contributed by atoms with van der Waals surface area (Å²) in [4.78, 5) is 23.0. The summed E-state index contributed by atoms with van der Waals surface area (Å²) in [5.74, 6) is 1.07. The van der Waals surface area contributed by atoms with Gasteiger partial charge in [-0.25, -0.2) is 4.98 Å². The van der Waals surface area contributed by atoms with Crippen molar-refractivity contribution in [1.82, 2.24) is 24.5 Å². The summed E-state index contributed by atoms with van der Waals surface area (Å²) in [6.07, 6.45) is 1.37. The first kappa shape index (κ1) is 14.4. The number of nitrogens with zero attached hydrogens (tertiary/aromatic N) is 5. The summed E-state index contributed by atoms with van der Waals surface area (Å²) in [5.41, 5.74) is 0.806. The second-order valence-corrected chi connectivity index (χ2v) is 6.98. The lowest BCUT2D eigenvalue weighted by Gasteiger charge is -2.38. The highest BCUT2D eigenvalue weighted by Gasteiger charge is 2.34. The first-order valence-corrected chi connectivity index (χ1v) is 8.18. The lowest BCUT2D eigenvalue weighted by Crippen LogP contribution is -2.56. The fourth-order valence-corrected chi connectivity index (χ4v) is 3.43. The second kappa shape index (κ2) is 5.47. The molecule has 3 aromatic rings. The molecule has 0 spiro atoms. The topological polar surface area (TPSA) is 72.6 Å². The van der Waals surface area contributed by atoms with Crippen LogP contribution in [0.3, 0.4) is 0 Å². The van der Waals surface area contributed by atoms with Crippen molar-refractivity contribution in [3.05, 3.63) is 39.4 Å².